The number of hydrogen-bond donors (Lipinski definition) is 0. The average Bonchev–Trinajstić information content (AvgIpc) is 3.38. The van der Waals surface area contributed by atoms with Gasteiger partial charge in [0.15, 0.2) is 23.3 Å². The Morgan fingerprint density at radius 3 is 0.884 bits per heavy atom. The lowest BCUT2D eigenvalue weighted by Crippen LogP contribution is -2.10. The van der Waals surface area contributed by atoms with Crippen molar-refractivity contribution in [2.75, 3.05) is 6.79 Å². The first-order valence-electron chi connectivity index (χ1n) is 21.2. The van der Waals surface area contributed by atoms with Crippen molar-refractivity contribution in [1.82, 2.24) is 9.97 Å². The van der Waals surface area contributed by atoms with Gasteiger partial charge < -0.3 is 9.47 Å². The molecule has 0 radical (unpaired) electrons. The molecule has 10 aromatic rings. The Labute approximate surface area is 421 Å². The molecule has 0 spiro atoms. The molecule has 10 rings (SSSR count). The fourth-order valence-electron chi connectivity index (χ4n) is 7.06. The summed E-state index contributed by atoms with van der Waals surface area (Å²) in [7, 11) is 0. The second kappa shape index (κ2) is 21.7. The van der Waals surface area contributed by atoms with E-state index < -0.39 is 30.1 Å². The van der Waals surface area contributed by atoms with E-state index in [0.29, 0.717) is 29.6 Å². The highest BCUT2D eigenvalue weighted by molar-refractivity contribution is 8.03. The normalized spacial score (nSPS) is 11.3. The van der Waals surface area contributed by atoms with Crippen LogP contribution in [-0.4, -0.2) is 16.8 Å². The van der Waals surface area contributed by atoms with E-state index in [1.807, 2.05) is 182 Å². The number of pyridine rings is 2. The quantitative estimate of drug-likeness (QED) is 0.0691. The Balaban J connectivity index is 1.17. The summed E-state index contributed by atoms with van der Waals surface area (Å²) in [5, 5.41) is 1.38. The van der Waals surface area contributed by atoms with Crippen LogP contribution < -0.4 is 9.47 Å². The molecule has 2 aromatic heterocycles. The number of hydrogen-bond acceptors (Lipinski definition) is 10. The van der Waals surface area contributed by atoms with Gasteiger partial charge in [0.1, 0.15) is 21.6 Å². The van der Waals surface area contributed by atoms with Gasteiger partial charge in [-0.05, 0) is 84.9 Å². The highest BCUT2D eigenvalue weighted by Crippen LogP contribution is 2.51. The van der Waals surface area contributed by atoms with Crippen LogP contribution in [-0.2, 0) is 0 Å². The molecule has 0 atom stereocenters. The topological polar surface area (TPSA) is 44.2 Å². The Bertz CT molecular complexity index is 3180. The third-order valence-electron chi connectivity index (χ3n) is 10.2. The minimum absolute atomic E-state index is 0.0154. The maximum atomic E-state index is 16.2. The van der Waals surface area contributed by atoms with Crippen molar-refractivity contribution in [2.45, 2.75) is 59.0 Å². The molecule has 0 fully saturated rings. The van der Waals surface area contributed by atoms with E-state index in [1.54, 1.807) is 0 Å². The van der Waals surface area contributed by atoms with Gasteiger partial charge >= 0.3 is 0 Å². The van der Waals surface area contributed by atoms with Crippen LogP contribution in [0.3, 0.4) is 0 Å². The van der Waals surface area contributed by atoms with Gasteiger partial charge in [0.2, 0.25) is 6.79 Å². The van der Waals surface area contributed by atoms with Crippen LogP contribution in [0.4, 0.5) is 17.6 Å². The lowest BCUT2D eigenvalue weighted by Gasteiger charge is -2.21. The van der Waals surface area contributed by atoms with E-state index in [4.69, 9.17) is 19.4 Å². The summed E-state index contributed by atoms with van der Waals surface area (Å²) >= 11 is 7.56. The standard InChI is InChI=1S/C55H34F4N2O2S6/c56-42-31-40-46(50(44(42)58)64-34-19-7-1-8-20-34)60-54(68-38-27-15-5-16-28-38)52(66-36-23-11-3-12-24-36)48(40)62-33-63-49-41-32-43(57)45(59)51(65-35-21-9-2-10-22-35)47(41)61-55(69-39-29-17-6-18-30-39)53(49)67-37-25-13-4-14-26-37/h1-32H,33H2. The van der Waals surface area contributed by atoms with E-state index >= 15 is 17.6 Å². The van der Waals surface area contributed by atoms with Gasteiger partial charge in [0, 0.05) is 40.1 Å². The number of halogens is 4. The molecule has 2 heterocycles. The van der Waals surface area contributed by atoms with Crippen molar-refractivity contribution in [2.24, 2.45) is 0 Å². The molecule has 0 aliphatic heterocycles. The number of aromatic nitrogens is 2. The summed E-state index contributed by atoms with van der Waals surface area (Å²) in [5.74, 6) is -3.88. The van der Waals surface area contributed by atoms with E-state index in [-0.39, 0.29) is 43.1 Å². The molecule has 0 N–H and O–H groups in total. The third kappa shape index (κ3) is 10.8. The van der Waals surface area contributed by atoms with Crippen LogP contribution >= 0.6 is 70.6 Å². The molecule has 4 nitrogen and oxygen atoms in total. The zero-order chi connectivity index (χ0) is 47.1. The molecule has 0 bridgehead atoms. The van der Waals surface area contributed by atoms with Crippen LogP contribution in [0.2, 0.25) is 0 Å². The van der Waals surface area contributed by atoms with Crippen molar-refractivity contribution < 1.29 is 27.0 Å². The Kier molecular flexibility index (Phi) is 14.7. The number of nitrogens with zero attached hydrogens (tertiary/aromatic N) is 2. The number of fused-ring (bicyclic) bond motifs is 2. The monoisotopic (exact) mass is 1020 g/mol. The fraction of sp³-hybridized carbons (Fsp3) is 0.0182. The van der Waals surface area contributed by atoms with E-state index in [0.717, 1.165) is 55.2 Å². The average molecular weight is 1020 g/mol. The number of ether oxygens (including phenoxy) is 2. The molecular formula is C55H34F4N2O2S6. The Morgan fingerprint density at radius 2 is 0.594 bits per heavy atom. The van der Waals surface area contributed by atoms with Gasteiger partial charge in [-0.15, -0.1) is 0 Å². The Hall–Kier alpha value is -6.00. The molecule has 0 unspecified atom stereocenters. The molecular weight excluding hydrogens is 989 g/mol. The highest BCUT2D eigenvalue weighted by Gasteiger charge is 2.28. The molecule has 340 valence electrons. The lowest BCUT2D eigenvalue weighted by atomic mass is 10.2. The molecule has 0 saturated carbocycles. The van der Waals surface area contributed by atoms with Crippen LogP contribution in [0, 0.1) is 23.3 Å². The zero-order valence-electron chi connectivity index (χ0n) is 35.9. The first kappa shape index (κ1) is 46.7. The van der Waals surface area contributed by atoms with Gasteiger partial charge in [-0.25, -0.2) is 27.5 Å². The van der Waals surface area contributed by atoms with E-state index in [1.165, 1.54) is 47.0 Å². The van der Waals surface area contributed by atoms with Crippen molar-refractivity contribution >= 4 is 92.4 Å². The fourth-order valence-corrected chi connectivity index (χ4v) is 13.0. The minimum Gasteiger partial charge on any atom is -0.455 e. The smallest absolute Gasteiger partial charge is 0.231 e. The van der Waals surface area contributed by atoms with Crippen LogP contribution in [0.1, 0.15) is 0 Å². The molecule has 8 aromatic carbocycles. The first-order valence-corrected chi connectivity index (χ1v) is 26.1. The van der Waals surface area contributed by atoms with Crippen molar-refractivity contribution in [3.8, 4) is 11.5 Å². The number of rotatable bonds is 16. The van der Waals surface area contributed by atoms with Gasteiger partial charge in [-0.2, -0.15) is 0 Å². The minimum atomic E-state index is -1.09. The lowest BCUT2D eigenvalue weighted by molar-refractivity contribution is 0.116. The molecule has 0 aliphatic rings. The SMILES string of the molecule is Fc1cc2c(OCOc3c(Sc4ccccc4)c(Sc4ccccc4)nc4c(Sc5ccccc5)c(F)c(F)cc34)c(Sc3ccccc3)c(Sc3ccccc3)nc2c(Sc2ccccc2)c1F. The maximum Gasteiger partial charge on any atom is 0.231 e. The van der Waals surface area contributed by atoms with E-state index in [9.17, 15) is 0 Å². The maximum absolute atomic E-state index is 16.2. The molecule has 0 aliphatic carbocycles. The molecule has 69 heavy (non-hydrogen) atoms. The second-order valence-corrected chi connectivity index (χ2v) is 21.3. The summed E-state index contributed by atoms with van der Waals surface area (Å²) in [6, 6.07) is 59.0. The number of benzene rings is 8. The highest BCUT2D eigenvalue weighted by atomic mass is 32.2. The van der Waals surface area contributed by atoms with E-state index in [2.05, 4.69) is 0 Å². The van der Waals surface area contributed by atoms with Gasteiger partial charge in [0.25, 0.3) is 0 Å². The summed E-state index contributed by atoms with van der Waals surface area (Å²) in [6.07, 6.45) is 0. The third-order valence-corrected chi connectivity index (χ3v) is 16.8. The van der Waals surface area contributed by atoms with Gasteiger partial charge in [-0.3, -0.25) is 0 Å². The largest absolute Gasteiger partial charge is 0.455 e. The van der Waals surface area contributed by atoms with Crippen molar-refractivity contribution in [1.29, 1.82) is 0 Å². The second-order valence-electron chi connectivity index (χ2n) is 14.8. The van der Waals surface area contributed by atoms with Gasteiger partial charge in [0.05, 0.1) is 30.6 Å². The zero-order valence-corrected chi connectivity index (χ0v) is 40.8. The molecule has 0 saturated heterocycles. The predicted octanol–water partition coefficient (Wildman–Crippen LogP) is 17.7. The van der Waals surface area contributed by atoms with Gasteiger partial charge in [-0.1, -0.05) is 180 Å². The van der Waals surface area contributed by atoms with Crippen molar-refractivity contribution in [3.63, 3.8) is 0 Å². The van der Waals surface area contributed by atoms with Crippen LogP contribution in [0.5, 0.6) is 11.5 Å². The van der Waals surface area contributed by atoms with Crippen molar-refractivity contribution in [3.05, 3.63) is 217 Å². The van der Waals surface area contributed by atoms with Crippen LogP contribution in [0.25, 0.3) is 21.8 Å². The summed E-state index contributed by atoms with van der Waals surface area (Å²) in [5.41, 5.74) is 0.370. The summed E-state index contributed by atoms with van der Waals surface area (Å²) < 4.78 is 78.3. The predicted molar refractivity (Wildman–Crippen MR) is 273 cm³/mol. The van der Waals surface area contributed by atoms with Crippen LogP contribution in [0.15, 0.2) is 253 Å². The molecule has 14 heteroatoms. The summed E-state index contributed by atoms with van der Waals surface area (Å²) in [4.78, 5) is 16.0. The first-order chi connectivity index (χ1) is 33.9. The summed E-state index contributed by atoms with van der Waals surface area (Å²) in [6.45, 7) is -0.506. The Morgan fingerprint density at radius 1 is 0.333 bits per heavy atom. The molecule has 0 amide bonds.